The molecule has 2 aromatic carbocycles. The van der Waals surface area contributed by atoms with Crippen molar-refractivity contribution in [2.24, 2.45) is 12.5 Å². The highest BCUT2D eigenvalue weighted by atomic mass is 16.3. The zero-order valence-electron chi connectivity index (χ0n) is 25.1. The molecule has 0 saturated carbocycles. The molecule has 0 aliphatic rings. The van der Waals surface area contributed by atoms with Crippen molar-refractivity contribution in [2.45, 2.75) is 54.8 Å². The van der Waals surface area contributed by atoms with E-state index in [-0.39, 0.29) is 17.2 Å². The zero-order valence-corrected chi connectivity index (χ0v) is 19.1. The van der Waals surface area contributed by atoms with Gasteiger partial charge in [0.25, 0.3) is 0 Å². The largest absolute Gasteiger partial charge is 0.456 e. The zero-order chi connectivity index (χ0) is 27.8. The molecule has 4 aromatic rings. The van der Waals surface area contributed by atoms with Crippen LogP contribution in [0, 0.1) is 39.6 Å². The lowest BCUT2D eigenvalue weighted by molar-refractivity contribution is -0.667. The first-order valence-corrected chi connectivity index (χ1v) is 10.3. The monoisotopic (exact) mass is 417 g/mol. The van der Waals surface area contributed by atoms with Gasteiger partial charge in [-0.3, -0.25) is 0 Å². The number of aryl methyl sites for hydroxylation is 2. The second kappa shape index (κ2) is 7.24. The summed E-state index contributed by atoms with van der Waals surface area (Å²) in [6, 6.07) is 7.33. The van der Waals surface area contributed by atoms with E-state index in [9.17, 15) is 1.37 Å². The molecule has 0 aliphatic heterocycles. The SMILES string of the molecule is [2H]c1c(C([2H])([2H])C(C)(C)C)c(C([2H])([2H])[2H])c(C)[n+](C)c1-c1c(C)ccc2c1oc1cc([N+]#[C-])c(C)cc12. The first-order valence-electron chi connectivity index (χ1n) is 13.3. The summed E-state index contributed by atoms with van der Waals surface area (Å²) < 4.78 is 60.0. The normalized spacial score (nSPS) is 15.7. The van der Waals surface area contributed by atoms with Crippen molar-refractivity contribution >= 4 is 27.6 Å². The highest BCUT2D eigenvalue weighted by molar-refractivity contribution is 6.10. The maximum Gasteiger partial charge on any atom is 0.216 e. The van der Waals surface area contributed by atoms with E-state index in [1.807, 2.05) is 32.0 Å². The number of pyridine rings is 1. The first kappa shape index (κ1) is 14.8. The lowest BCUT2D eigenvalue weighted by atomic mass is 9.85. The molecule has 0 fully saturated rings. The van der Waals surface area contributed by atoms with Crippen LogP contribution in [0.1, 0.15) is 56.9 Å². The van der Waals surface area contributed by atoms with E-state index in [0.717, 1.165) is 21.9 Å². The van der Waals surface area contributed by atoms with Crippen LogP contribution in [0.2, 0.25) is 0 Å². The third-order valence-electron chi connectivity index (χ3n) is 5.72. The van der Waals surface area contributed by atoms with E-state index < -0.39 is 18.6 Å². The minimum absolute atomic E-state index is 0.121. The van der Waals surface area contributed by atoms with Crippen LogP contribution in [-0.2, 0) is 13.4 Å². The van der Waals surface area contributed by atoms with Gasteiger partial charge >= 0.3 is 0 Å². The Labute approximate surface area is 193 Å². The fourth-order valence-electron chi connectivity index (χ4n) is 3.98. The van der Waals surface area contributed by atoms with Crippen molar-refractivity contribution in [1.29, 1.82) is 0 Å². The number of hydrogen-bond acceptors (Lipinski definition) is 1. The van der Waals surface area contributed by atoms with Crippen LogP contribution in [-0.4, -0.2) is 0 Å². The second-order valence-corrected chi connectivity index (χ2v) is 9.23. The van der Waals surface area contributed by atoms with Gasteiger partial charge in [0.15, 0.2) is 11.4 Å². The Morgan fingerprint density at radius 3 is 2.55 bits per heavy atom. The third-order valence-corrected chi connectivity index (χ3v) is 5.72. The lowest BCUT2D eigenvalue weighted by Crippen LogP contribution is -2.36. The van der Waals surface area contributed by atoms with Crippen molar-refractivity contribution in [3.05, 3.63) is 69.7 Å². The molecular formula is C28H31N2O+. The Morgan fingerprint density at radius 2 is 1.90 bits per heavy atom. The molecule has 0 atom stereocenters. The van der Waals surface area contributed by atoms with Crippen LogP contribution in [0.25, 0.3) is 38.0 Å². The van der Waals surface area contributed by atoms with Crippen LogP contribution in [0.3, 0.4) is 0 Å². The van der Waals surface area contributed by atoms with Crippen LogP contribution in [0.15, 0.2) is 34.7 Å². The summed E-state index contributed by atoms with van der Waals surface area (Å²) in [6.45, 7) is 15.4. The third kappa shape index (κ3) is 3.51. The molecule has 2 heterocycles. The van der Waals surface area contributed by atoms with Crippen LogP contribution in [0.4, 0.5) is 5.69 Å². The van der Waals surface area contributed by atoms with E-state index in [0.29, 0.717) is 33.8 Å². The summed E-state index contributed by atoms with van der Waals surface area (Å²) in [5.74, 6) is 0. The average molecular weight is 418 g/mol. The van der Waals surface area contributed by atoms with Crippen molar-refractivity contribution in [3.63, 3.8) is 0 Å². The molecule has 0 N–H and O–H groups in total. The molecule has 0 radical (unpaired) electrons. The molecule has 2 aromatic heterocycles. The molecular weight excluding hydrogens is 380 g/mol. The number of benzene rings is 2. The number of furan rings is 1. The first-order chi connectivity index (χ1) is 16.9. The fourth-order valence-corrected chi connectivity index (χ4v) is 3.98. The van der Waals surface area contributed by atoms with Gasteiger partial charge in [-0.2, -0.15) is 4.57 Å². The lowest BCUT2D eigenvalue weighted by Gasteiger charge is -2.20. The Bertz CT molecular complexity index is 1630. The van der Waals surface area contributed by atoms with Gasteiger partial charge in [0, 0.05) is 36.2 Å². The van der Waals surface area contributed by atoms with Gasteiger partial charge in [0.05, 0.1) is 13.5 Å². The smallest absolute Gasteiger partial charge is 0.216 e. The average Bonchev–Trinajstić information content (AvgIpc) is 3.12. The van der Waals surface area contributed by atoms with Crippen LogP contribution >= 0.6 is 0 Å². The molecule has 0 unspecified atom stereocenters. The van der Waals surface area contributed by atoms with Crippen molar-refractivity contribution in [1.82, 2.24) is 0 Å². The van der Waals surface area contributed by atoms with Gasteiger partial charge in [-0.05, 0) is 55.2 Å². The van der Waals surface area contributed by atoms with E-state index >= 15 is 0 Å². The minimum Gasteiger partial charge on any atom is -0.456 e. The number of hydrogen-bond donors (Lipinski definition) is 0. The molecule has 0 aliphatic carbocycles. The molecule has 4 rings (SSSR count). The molecule has 0 spiro atoms. The van der Waals surface area contributed by atoms with Gasteiger partial charge in [0.1, 0.15) is 18.2 Å². The molecule has 0 bridgehead atoms. The Morgan fingerprint density at radius 1 is 1.16 bits per heavy atom. The summed E-state index contributed by atoms with van der Waals surface area (Å²) in [7, 11) is 1.70. The fraction of sp³-hybridized carbons (Fsp3) is 0.357. The molecule has 3 heteroatoms. The summed E-state index contributed by atoms with van der Waals surface area (Å²) in [5, 5.41) is 1.66. The summed E-state index contributed by atoms with van der Waals surface area (Å²) in [5.41, 5.74) is 3.34. The predicted octanol–water partition coefficient (Wildman–Crippen LogP) is 7.45. The van der Waals surface area contributed by atoms with E-state index in [4.69, 9.17) is 17.8 Å². The second-order valence-electron chi connectivity index (χ2n) is 9.23. The topological polar surface area (TPSA) is 21.4 Å². The quantitative estimate of drug-likeness (QED) is 0.245. The van der Waals surface area contributed by atoms with Gasteiger partial charge in [0.2, 0.25) is 5.69 Å². The number of aromatic nitrogens is 1. The van der Waals surface area contributed by atoms with Crippen molar-refractivity contribution in [3.8, 4) is 11.3 Å². The van der Waals surface area contributed by atoms with Crippen LogP contribution in [0.5, 0.6) is 0 Å². The van der Waals surface area contributed by atoms with E-state index in [1.165, 1.54) is 0 Å². The maximum atomic E-state index is 9.29. The molecule has 0 amide bonds. The Hall–Kier alpha value is -3.12. The van der Waals surface area contributed by atoms with Crippen LogP contribution < -0.4 is 4.57 Å². The highest BCUT2D eigenvalue weighted by Gasteiger charge is 2.26. The molecule has 158 valence electrons. The van der Waals surface area contributed by atoms with Gasteiger partial charge in [-0.25, -0.2) is 4.85 Å². The maximum absolute atomic E-state index is 9.29. The Balaban J connectivity index is 2.23. The van der Waals surface area contributed by atoms with Crippen molar-refractivity contribution < 1.29 is 17.2 Å². The summed E-state index contributed by atoms with van der Waals surface area (Å²) in [4.78, 5) is 3.58. The predicted molar refractivity (Wildman–Crippen MR) is 129 cm³/mol. The molecule has 3 nitrogen and oxygen atoms in total. The van der Waals surface area contributed by atoms with Crippen molar-refractivity contribution in [2.75, 3.05) is 0 Å². The van der Waals surface area contributed by atoms with Gasteiger partial charge in [-0.1, -0.05) is 39.0 Å². The number of fused-ring (bicyclic) bond motifs is 3. The van der Waals surface area contributed by atoms with Gasteiger partial charge in [-0.15, -0.1) is 0 Å². The number of rotatable bonds is 2. The minimum atomic E-state index is -2.61. The van der Waals surface area contributed by atoms with Gasteiger partial charge < -0.3 is 4.42 Å². The highest BCUT2D eigenvalue weighted by Crippen LogP contribution is 2.40. The van der Waals surface area contributed by atoms with E-state index in [1.54, 1.807) is 45.4 Å². The summed E-state index contributed by atoms with van der Waals surface area (Å²) >= 11 is 0. The van der Waals surface area contributed by atoms with E-state index in [2.05, 4.69) is 4.85 Å². The standard InChI is InChI=1S/C28H31N2O/c1-16-10-11-21-22-12-17(2)23(29-8)14-25(22)31-27(21)26(16)24-13-20(15-28(5,6)7)18(3)19(4)30(24)9/h10-14H,15H2,1-7,9H3/q+1/i3D3,13D,15D2. The summed E-state index contributed by atoms with van der Waals surface area (Å²) in [6.07, 6.45) is -2.11. The molecule has 0 saturated heterocycles. The Kier molecular flexibility index (Phi) is 3.46. The molecule has 31 heavy (non-hydrogen) atoms. The number of nitrogens with zero attached hydrogens (tertiary/aromatic N) is 2.